The van der Waals surface area contributed by atoms with Crippen LogP contribution < -0.4 is 10.6 Å². The molecule has 4 N–H and O–H groups in total. The number of carboxylic acids is 1. The highest BCUT2D eigenvalue weighted by molar-refractivity contribution is 5.94. The predicted octanol–water partition coefficient (Wildman–Crippen LogP) is 9.03. The molecule has 2 aromatic carbocycles. The van der Waals surface area contributed by atoms with Gasteiger partial charge in [0.15, 0.2) is 0 Å². The summed E-state index contributed by atoms with van der Waals surface area (Å²) in [5.41, 5.74) is 4.22. The second-order valence-corrected chi connectivity index (χ2v) is 19.9. The van der Waals surface area contributed by atoms with E-state index in [1.165, 1.54) is 31.3 Å². The number of nitrogens with one attached hydrogen (secondary N) is 2. The van der Waals surface area contributed by atoms with Crippen LogP contribution in [-0.2, 0) is 17.6 Å². The first kappa shape index (κ1) is 39.8. The third-order valence-corrected chi connectivity index (χ3v) is 17.3. The minimum absolute atomic E-state index is 0.0586. The first-order valence-corrected chi connectivity index (χ1v) is 21.3. The summed E-state index contributed by atoms with van der Waals surface area (Å²) < 4.78 is 0. The van der Waals surface area contributed by atoms with Crippen molar-refractivity contribution in [1.29, 1.82) is 0 Å². The van der Waals surface area contributed by atoms with Crippen LogP contribution in [-0.4, -0.2) is 47.2 Å². The standard InChI is InChI=1S/C48H66N2O5/c1-30(2)35-17-24-48(43(55)50-28-21-32-9-8-10-34(29-32)41(52)49-27-20-31-11-13-33(14-12-31)42(53)54)26-25-46(6)36(40(35)48)15-16-38-45(5)22-19-39(51)44(3,4)37(45)18-23-47(38,46)7/h8-14,29,35-40,51H,1,15-28H2,2-7H3,(H,49,52)(H,50,55)(H,53,54)/t35?,36?,37?,38?,39-,40?,45-,46+,47+,48?/m0/s1. The Morgan fingerprint density at radius 2 is 1.45 bits per heavy atom. The fourth-order valence-corrected chi connectivity index (χ4v) is 14.1. The molecule has 0 aliphatic heterocycles. The summed E-state index contributed by atoms with van der Waals surface area (Å²) in [5.74, 6) is 1.45. The number of rotatable bonds is 10. The van der Waals surface area contributed by atoms with Crippen molar-refractivity contribution in [2.24, 2.45) is 56.7 Å². The average molecular weight is 751 g/mol. The molecule has 5 aliphatic carbocycles. The molecule has 7 rings (SSSR count). The van der Waals surface area contributed by atoms with Gasteiger partial charge in [0.25, 0.3) is 5.91 Å². The molecule has 0 saturated heterocycles. The van der Waals surface area contributed by atoms with Gasteiger partial charge in [-0.05, 0) is 171 Å². The summed E-state index contributed by atoms with van der Waals surface area (Å²) in [6.45, 7) is 20.2. The molecule has 6 unspecified atom stereocenters. The second kappa shape index (κ2) is 14.5. The van der Waals surface area contributed by atoms with Crippen LogP contribution >= 0.6 is 0 Å². The minimum atomic E-state index is -0.953. The van der Waals surface area contributed by atoms with E-state index in [1.807, 2.05) is 24.3 Å². The lowest BCUT2D eigenvalue weighted by atomic mass is 9.32. The molecule has 0 aromatic heterocycles. The van der Waals surface area contributed by atoms with Crippen molar-refractivity contribution in [3.05, 3.63) is 82.9 Å². The molecule has 2 amide bonds. The predicted molar refractivity (Wildman–Crippen MR) is 218 cm³/mol. The van der Waals surface area contributed by atoms with Crippen LogP contribution in [0.15, 0.2) is 60.7 Å². The maximum absolute atomic E-state index is 14.6. The van der Waals surface area contributed by atoms with Crippen LogP contribution in [0.25, 0.3) is 0 Å². The fraction of sp³-hybridized carbons (Fsp3) is 0.646. The van der Waals surface area contributed by atoms with Crippen LogP contribution in [0.1, 0.15) is 138 Å². The first-order chi connectivity index (χ1) is 26.0. The van der Waals surface area contributed by atoms with E-state index >= 15 is 0 Å². The molecule has 5 saturated carbocycles. The van der Waals surface area contributed by atoms with E-state index in [2.05, 4.69) is 58.8 Å². The van der Waals surface area contributed by atoms with Gasteiger partial charge in [0.2, 0.25) is 5.91 Å². The topological polar surface area (TPSA) is 116 Å². The molecular formula is C48H66N2O5. The summed E-state index contributed by atoms with van der Waals surface area (Å²) in [6.07, 6.45) is 11.9. The Bertz CT molecular complexity index is 1820. The quantitative estimate of drug-likeness (QED) is 0.181. The number of aromatic carboxylic acids is 1. The number of carbonyl (C=O) groups is 3. The number of benzene rings is 2. The summed E-state index contributed by atoms with van der Waals surface area (Å²) in [6, 6.07) is 14.4. The largest absolute Gasteiger partial charge is 0.478 e. The Balaban J connectivity index is 1.02. The van der Waals surface area contributed by atoms with Crippen LogP contribution in [0.5, 0.6) is 0 Å². The van der Waals surface area contributed by atoms with Crippen LogP contribution in [0.4, 0.5) is 0 Å². The lowest BCUT2D eigenvalue weighted by Crippen LogP contribution is -2.67. The molecule has 298 valence electrons. The zero-order valence-corrected chi connectivity index (χ0v) is 34.3. The smallest absolute Gasteiger partial charge is 0.335 e. The molecule has 7 heteroatoms. The summed E-state index contributed by atoms with van der Waals surface area (Å²) >= 11 is 0. The Morgan fingerprint density at radius 3 is 2.16 bits per heavy atom. The fourth-order valence-electron chi connectivity index (χ4n) is 14.1. The van der Waals surface area contributed by atoms with Gasteiger partial charge in [0.05, 0.1) is 17.1 Å². The van der Waals surface area contributed by atoms with E-state index in [1.54, 1.807) is 24.3 Å². The van der Waals surface area contributed by atoms with Gasteiger partial charge in [-0.1, -0.05) is 71.0 Å². The van der Waals surface area contributed by atoms with E-state index in [-0.39, 0.29) is 50.6 Å². The maximum atomic E-state index is 14.6. The molecule has 5 aliphatic rings. The summed E-state index contributed by atoms with van der Waals surface area (Å²) in [4.78, 5) is 38.8. The number of hydrogen-bond acceptors (Lipinski definition) is 4. The monoisotopic (exact) mass is 750 g/mol. The summed E-state index contributed by atoms with van der Waals surface area (Å²) in [7, 11) is 0. The first-order valence-electron chi connectivity index (χ1n) is 21.3. The molecule has 0 radical (unpaired) electrons. The SMILES string of the molecule is C=C(C)C1CCC2(C(=O)NCCc3cccc(C(=O)NCCc4ccc(C(=O)O)cc4)c3)CC[C@]3(C)C(CCC4[C@@]5(C)CC[C@H](O)C(C)(C)C5CC[C@]43C)C12. The number of allylic oxidation sites excluding steroid dienone is 1. The molecule has 0 bridgehead atoms. The van der Waals surface area contributed by atoms with E-state index in [4.69, 9.17) is 5.11 Å². The Labute approximate surface area is 329 Å². The van der Waals surface area contributed by atoms with Gasteiger partial charge >= 0.3 is 5.97 Å². The molecule has 0 spiro atoms. The highest BCUT2D eigenvalue weighted by Gasteiger charge is 2.71. The number of fused-ring (bicyclic) bond motifs is 7. The molecule has 0 heterocycles. The number of carboxylic acid groups (broad SMARTS) is 1. The third-order valence-electron chi connectivity index (χ3n) is 17.3. The lowest BCUT2D eigenvalue weighted by Gasteiger charge is -2.72. The van der Waals surface area contributed by atoms with Crippen molar-refractivity contribution in [3.8, 4) is 0 Å². The molecule has 2 aromatic rings. The molecule has 10 atom stereocenters. The average Bonchev–Trinajstić information content (AvgIpc) is 3.55. The minimum Gasteiger partial charge on any atom is -0.478 e. The Kier molecular flexibility index (Phi) is 10.5. The highest BCUT2D eigenvalue weighted by atomic mass is 16.4. The zero-order chi connectivity index (χ0) is 39.6. The van der Waals surface area contributed by atoms with E-state index in [9.17, 15) is 19.5 Å². The number of amides is 2. The maximum Gasteiger partial charge on any atom is 0.335 e. The van der Waals surface area contributed by atoms with E-state index in [0.717, 1.165) is 49.7 Å². The highest BCUT2D eigenvalue weighted by Crippen LogP contribution is 2.77. The van der Waals surface area contributed by atoms with Crippen LogP contribution in [0, 0.1) is 56.7 Å². The van der Waals surface area contributed by atoms with E-state index < -0.39 is 5.97 Å². The normalized spacial score (nSPS) is 37.4. The van der Waals surface area contributed by atoms with Crippen molar-refractivity contribution >= 4 is 17.8 Å². The number of aliphatic hydroxyl groups excluding tert-OH is 1. The van der Waals surface area contributed by atoms with Gasteiger partial charge in [-0.2, -0.15) is 0 Å². The number of carbonyl (C=O) groups excluding carboxylic acids is 2. The van der Waals surface area contributed by atoms with Crippen molar-refractivity contribution in [1.82, 2.24) is 10.6 Å². The van der Waals surface area contributed by atoms with E-state index in [0.29, 0.717) is 61.1 Å². The molecule has 55 heavy (non-hydrogen) atoms. The van der Waals surface area contributed by atoms with Crippen molar-refractivity contribution in [2.45, 2.75) is 125 Å². The van der Waals surface area contributed by atoms with Crippen molar-refractivity contribution < 1.29 is 24.6 Å². The Morgan fingerprint density at radius 1 is 0.745 bits per heavy atom. The van der Waals surface area contributed by atoms with Gasteiger partial charge in [-0.15, -0.1) is 0 Å². The molecule has 5 fully saturated rings. The zero-order valence-electron chi connectivity index (χ0n) is 34.3. The van der Waals surface area contributed by atoms with Gasteiger partial charge in [0.1, 0.15) is 0 Å². The van der Waals surface area contributed by atoms with Crippen LogP contribution in [0.3, 0.4) is 0 Å². The molecule has 7 nitrogen and oxygen atoms in total. The summed E-state index contributed by atoms with van der Waals surface area (Å²) in [5, 5.41) is 26.7. The van der Waals surface area contributed by atoms with Crippen molar-refractivity contribution in [2.75, 3.05) is 13.1 Å². The van der Waals surface area contributed by atoms with Gasteiger partial charge < -0.3 is 20.8 Å². The van der Waals surface area contributed by atoms with Crippen LogP contribution in [0.2, 0.25) is 0 Å². The number of hydrogen-bond donors (Lipinski definition) is 4. The number of aliphatic hydroxyl groups is 1. The lowest BCUT2D eigenvalue weighted by molar-refractivity contribution is -0.246. The van der Waals surface area contributed by atoms with Crippen molar-refractivity contribution in [3.63, 3.8) is 0 Å². The third kappa shape index (κ3) is 6.48. The Hall–Kier alpha value is -3.45. The van der Waals surface area contributed by atoms with Gasteiger partial charge in [-0.3, -0.25) is 9.59 Å². The second-order valence-electron chi connectivity index (χ2n) is 19.9. The molecular weight excluding hydrogens is 685 g/mol. The van der Waals surface area contributed by atoms with Gasteiger partial charge in [0, 0.05) is 18.7 Å². The van der Waals surface area contributed by atoms with Gasteiger partial charge in [-0.25, -0.2) is 4.79 Å².